The van der Waals surface area contributed by atoms with Gasteiger partial charge in [-0.2, -0.15) is 5.10 Å². The van der Waals surface area contributed by atoms with Gasteiger partial charge in [0.15, 0.2) is 5.76 Å². The van der Waals surface area contributed by atoms with E-state index >= 15 is 0 Å². The molecule has 3 aromatic heterocycles. The minimum atomic E-state index is -0.490. The topological polar surface area (TPSA) is 90.8 Å². The van der Waals surface area contributed by atoms with Crippen LogP contribution in [0.4, 0.5) is 10.3 Å². The normalized spacial score (nSPS) is 11.1. The summed E-state index contributed by atoms with van der Waals surface area (Å²) in [4.78, 5) is 16.5. The molecule has 0 bridgehead atoms. The molecule has 0 aliphatic heterocycles. The third-order valence-electron chi connectivity index (χ3n) is 4.44. The molecule has 1 N–H and O–H groups in total. The number of amides is 1. The molecule has 154 valence electrons. The summed E-state index contributed by atoms with van der Waals surface area (Å²) in [6, 6.07) is 9.71. The van der Waals surface area contributed by atoms with E-state index in [-0.39, 0.29) is 18.3 Å². The van der Waals surface area contributed by atoms with E-state index in [0.717, 1.165) is 11.4 Å². The highest BCUT2D eigenvalue weighted by Gasteiger charge is 2.15. The molecule has 30 heavy (non-hydrogen) atoms. The Bertz CT molecular complexity index is 1190. The third kappa shape index (κ3) is 4.25. The number of hydrogen-bond donors (Lipinski definition) is 1. The van der Waals surface area contributed by atoms with Gasteiger partial charge in [0.1, 0.15) is 17.9 Å². The number of nitrogens with zero attached hydrogens (tertiary/aromatic N) is 5. The Morgan fingerprint density at radius 3 is 2.77 bits per heavy atom. The SMILES string of the molecule is Cc1cc(C)n(Cc2ccc(C(=O)Nc3ncn(Cc4c(F)cccc4Cl)n3)o2)n1. The molecular formula is C20H18ClFN6O2. The Labute approximate surface area is 176 Å². The van der Waals surface area contributed by atoms with E-state index in [1.807, 2.05) is 19.9 Å². The maximum Gasteiger partial charge on any atom is 0.293 e. The molecule has 0 fully saturated rings. The molecule has 0 aliphatic carbocycles. The first-order valence-electron chi connectivity index (χ1n) is 9.12. The van der Waals surface area contributed by atoms with Crippen molar-refractivity contribution in [1.29, 1.82) is 0 Å². The molecule has 0 saturated carbocycles. The summed E-state index contributed by atoms with van der Waals surface area (Å²) in [5, 5.41) is 11.4. The van der Waals surface area contributed by atoms with Gasteiger partial charge in [-0.15, -0.1) is 5.10 Å². The molecule has 0 spiro atoms. The van der Waals surface area contributed by atoms with Crippen molar-refractivity contribution in [2.75, 3.05) is 5.32 Å². The van der Waals surface area contributed by atoms with E-state index in [9.17, 15) is 9.18 Å². The fraction of sp³-hybridized carbons (Fsp3) is 0.200. The van der Waals surface area contributed by atoms with Gasteiger partial charge in [0.25, 0.3) is 5.91 Å². The Morgan fingerprint density at radius 1 is 1.20 bits per heavy atom. The molecule has 4 rings (SSSR count). The summed E-state index contributed by atoms with van der Waals surface area (Å²) in [6.07, 6.45) is 1.38. The van der Waals surface area contributed by atoms with E-state index in [4.69, 9.17) is 16.0 Å². The average molecular weight is 429 g/mol. The molecular weight excluding hydrogens is 411 g/mol. The first-order valence-corrected chi connectivity index (χ1v) is 9.50. The van der Waals surface area contributed by atoms with Gasteiger partial charge < -0.3 is 4.42 Å². The zero-order valence-corrected chi connectivity index (χ0v) is 17.0. The van der Waals surface area contributed by atoms with Crippen molar-refractivity contribution in [2.24, 2.45) is 0 Å². The highest BCUT2D eigenvalue weighted by Crippen LogP contribution is 2.20. The van der Waals surface area contributed by atoms with Gasteiger partial charge in [-0.1, -0.05) is 17.7 Å². The van der Waals surface area contributed by atoms with Crippen molar-refractivity contribution in [3.8, 4) is 0 Å². The fourth-order valence-electron chi connectivity index (χ4n) is 3.00. The number of hydrogen-bond acceptors (Lipinski definition) is 5. The van der Waals surface area contributed by atoms with Crippen LogP contribution in [0, 0.1) is 19.7 Å². The van der Waals surface area contributed by atoms with Crippen LogP contribution < -0.4 is 5.32 Å². The van der Waals surface area contributed by atoms with Gasteiger partial charge in [0.2, 0.25) is 5.95 Å². The second-order valence-electron chi connectivity index (χ2n) is 6.77. The zero-order chi connectivity index (χ0) is 21.3. The van der Waals surface area contributed by atoms with Crippen LogP contribution in [-0.2, 0) is 13.1 Å². The summed E-state index contributed by atoms with van der Waals surface area (Å²) in [6.45, 7) is 4.37. The number of furan rings is 1. The van der Waals surface area contributed by atoms with Crippen LogP contribution >= 0.6 is 11.6 Å². The van der Waals surface area contributed by atoms with E-state index in [1.54, 1.807) is 22.9 Å². The molecule has 1 amide bonds. The van der Waals surface area contributed by atoms with Crippen LogP contribution in [0.2, 0.25) is 5.02 Å². The lowest BCUT2D eigenvalue weighted by atomic mass is 10.2. The van der Waals surface area contributed by atoms with Crippen molar-refractivity contribution < 1.29 is 13.6 Å². The molecule has 8 nitrogen and oxygen atoms in total. The van der Waals surface area contributed by atoms with Gasteiger partial charge in [-0.25, -0.2) is 14.1 Å². The summed E-state index contributed by atoms with van der Waals surface area (Å²) in [5.74, 6) is -0.131. The van der Waals surface area contributed by atoms with Crippen LogP contribution in [0.1, 0.15) is 33.3 Å². The highest BCUT2D eigenvalue weighted by molar-refractivity contribution is 6.31. The number of rotatable bonds is 6. The summed E-state index contributed by atoms with van der Waals surface area (Å²) < 4.78 is 22.7. The van der Waals surface area contributed by atoms with Crippen molar-refractivity contribution >= 4 is 23.5 Å². The van der Waals surface area contributed by atoms with Gasteiger partial charge in [0, 0.05) is 16.3 Å². The Morgan fingerprint density at radius 2 is 2.03 bits per heavy atom. The van der Waals surface area contributed by atoms with Crippen LogP contribution in [-0.4, -0.2) is 30.5 Å². The number of aromatic nitrogens is 5. The smallest absolute Gasteiger partial charge is 0.293 e. The Hall–Kier alpha value is -3.46. The quantitative estimate of drug-likeness (QED) is 0.504. The van der Waals surface area contributed by atoms with Gasteiger partial charge >= 0.3 is 0 Å². The average Bonchev–Trinajstić information content (AvgIpc) is 3.40. The second kappa shape index (κ2) is 8.11. The Kier molecular flexibility index (Phi) is 5.37. The van der Waals surface area contributed by atoms with Crippen LogP contribution in [0.25, 0.3) is 0 Å². The fourth-order valence-corrected chi connectivity index (χ4v) is 3.23. The molecule has 0 radical (unpaired) electrons. The van der Waals surface area contributed by atoms with Crippen LogP contribution in [0.3, 0.4) is 0 Å². The zero-order valence-electron chi connectivity index (χ0n) is 16.3. The summed E-state index contributed by atoms with van der Waals surface area (Å²) in [7, 11) is 0. The number of anilines is 1. The number of carbonyl (C=O) groups excluding carboxylic acids is 1. The van der Waals surface area contributed by atoms with Crippen molar-refractivity contribution in [2.45, 2.75) is 26.9 Å². The predicted octanol–water partition coefficient (Wildman–Crippen LogP) is 3.83. The van der Waals surface area contributed by atoms with E-state index < -0.39 is 11.7 Å². The minimum absolute atomic E-state index is 0.0731. The Balaban J connectivity index is 1.41. The van der Waals surface area contributed by atoms with Gasteiger partial charge in [0.05, 0.1) is 18.8 Å². The first-order chi connectivity index (χ1) is 14.4. The molecule has 3 heterocycles. The minimum Gasteiger partial charge on any atom is -0.454 e. The lowest BCUT2D eigenvalue weighted by Gasteiger charge is -2.05. The number of halogens is 2. The lowest BCUT2D eigenvalue weighted by Crippen LogP contribution is -2.13. The summed E-state index contributed by atoms with van der Waals surface area (Å²) >= 11 is 6.03. The van der Waals surface area contributed by atoms with Crippen molar-refractivity contribution in [3.63, 3.8) is 0 Å². The molecule has 1 aromatic carbocycles. The predicted molar refractivity (Wildman–Crippen MR) is 108 cm³/mol. The van der Waals surface area contributed by atoms with Crippen molar-refractivity contribution in [1.82, 2.24) is 24.5 Å². The largest absolute Gasteiger partial charge is 0.454 e. The number of nitrogens with one attached hydrogen (secondary N) is 1. The molecule has 0 aliphatic rings. The second-order valence-corrected chi connectivity index (χ2v) is 7.18. The number of carbonyl (C=O) groups is 1. The van der Waals surface area contributed by atoms with Crippen LogP contribution in [0.5, 0.6) is 0 Å². The maximum absolute atomic E-state index is 13.9. The van der Waals surface area contributed by atoms with Gasteiger partial charge in [-0.3, -0.25) is 14.8 Å². The third-order valence-corrected chi connectivity index (χ3v) is 4.79. The van der Waals surface area contributed by atoms with Gasteiger partial charge in [-0.05, 0) is 44.2 Å². The van der Waals surface area contributed by atoms with Crippen LogP contribution in [0.15, 0.2) is 47.1 Å². The number of benzene rings is 1. The van der Waals surface area contributed by atoms with E-state index in [2.05, 4.69) is 20.5 Å². The molecule has 0 atom stereocenters. The van der Waals surface area contributed by atoms with E-state index in [1.165, 1.54) is 23.1 Å². The monoisotopic (exact) mass is 428 g/mol. The molecule has 0 unspecified atom stereocenters. The molecule has 4 aromatic rings. The summed E-state index contributed by atoms with van der Waals surface area (Å²) in [5.41, 5.74) is 2.21. The number of aryl methyl sites for hydroxylation is 2. The van der Waals surface area contributed by atoms with E-state index in [0.29, 0.717) is 22.9 Å². The molecule has 10 heteroatoms. The van der Waals surface area contributed by atoms with Crippen molar-refractivity contribution in [3.05, 3.63) is 82.0 Å². The highest BCUT2D eigenvalue weighted by atomic mass is 35.5. The first kappa shape index (κ1) is 19.8. The standard InChI is InChI=1S/C20H18ClFN6O2/c1-12-8-13(2)28(25-12)9-14-6-7-18(30-14)19(29)24-20-23-11-27(26-20)10-15-16(21)4-3-5-17(15)22/h3-8,11H,9-10H2,1-2H3,(H,24,26,29). The molecule has 0 saturated heterocycles. The lowest BCUT2D eigenvalue weighted by molar-refractivity contribution is 0.0993. The maximum atomic E-state index is 13.9.